The number of para-hydroxylation sites is 1. The molecule has 24 heavy (non-hydrogen) atoms. The average Bonchev–Trinajstić information content (AvgIpc) is 2.56. The quantitative estimate of drug-likeness (QED) is 0.835. The number of carbonyl (C=O) groups is 1. The number of hydrogen-bond acceptors (Lipinski definition) is 3. The molecule has 0 aliphatic carbocycles. The summed E-state index contributed by atoms with van der Waals surface area (Å²) in [5.74, 6) is -0.664. The maximum Gasteiger partial charge on any atom is 0.242 e. The number of hydrogen-bond donors (Lipinski definition) is 1. The number of nitrogens with zero attached hydrogens (tertiary/aromatic N) is 1. The van der Waals surface area contributed by atoms with E-state index in [9.17, 15) is 17.6 Å². The van der Waals surface area contributed by atoms with Crippen molar-refractivity contribution in [3.8, 4) is 0 Å². The Kier molecular flexibility index (Phi) is 6.05. The van der Waals surface area contributed by atoms with Crippen LogP contribution in [-0.2, 0) is 14.8 Å². The van der Waals surface area contributed by atoms with Gasteiger partial charge >= 0.3 is 0 Å². The first-order valence-corrected chi connectivity index (χ1v) is 8.90. The molecular weight excluding hydrogens is 331 g/mol. The van der Waals surface area contributed by atoms with E-state index in [1.165, 1.54) is 19.2 Å². The van der Waals surface area contributed by atoms with Gasteiger partial charge in [-0.25, -0.2) is 17.1 Å². The number of amides is 1. The van der Waals surface area contributed by atoms with Gasteiger partial charge in [0.15, 0.2) is 0 Å². The molecule has 0 atom stereocenters. The third kappa shape index (κ3) is 4.87. The summed E-state index contributed by atoms with van der Waals surface area (Å²) >= 11 is 0. The molecule has 5 nitrogen and oxygen atoms in total. The van der Waals surface area contributed by atoms with Crippen LogP contribution in [0.5, 0.6) is 0 Å². The lowest BCUT2D eigenvalue weighted by Gasteiger charge is -2.17. The van der Waals surface area contributed by atoms with E-state index in [0.717, 1.165) is 16.4 Å². The van der Waals surface area contributed by atoms with Gasteiger partial charge in [-0.3, -0.25) is 4.79 Å². The fourth-order valence-electron chi connectivity index (χ4n) is 2.11. The van der Waals surface area contributed by atoms with E-state index in [2.05, 4.69) is 5.32 Å². The van der Waals surface area contributed by atoms with E-state index in [1.54, 1.807) is 12.1 Å². The third-order valence-corrected chi connectivity index (χ3v) is 5.33. The Morgan fingerprint density at radius 1 is 1.08 bits per heavy atom. The highest BCUT2D eigenvalue weighted by Gasteiger charge is 2.20. The first kappa shape index (κ1) is 18.1. The van der Waals surface area contributed by atoms with E-state index in [-0.39, 0.29) is 23.8 Å². The average molecular weight is 350 g/mol. The number of sulfonamides is 1. The lowest BCUT2D eigenvalue weighted by Crippen LogP contribution is -2.28. The first-order valence-electron chi connectivity index (χ1n) is 7.46. The zero-order valence-electron chi connectivity index (χ0n) is 13.3. The van der Waals surface area contributed by atoms with Crippen LogP contribution in [0.25, 0.3) is 0 Å². The van der Waals surface area contributed by atoms with Gasteiger partial charge in [0.1, 0.15) is 5.82 Å². The molecule has 128 valence electrons. The molecule has 0 saturated carbocycles. The summed E-state index contributed by atoms with van der Waals surface area (Å²) in [4.78, 5) is 11.9. The van der Waals surface area contributed by atoms with Crippen molar-refractivity contribution in [1.29, 1.82) is 0 Å². The molecule has 0 fully saturated rings. The third-order valence-electron chi connectivity index (χ3n) is 3.46. The normalized spacial score (nSPS) is 11.5. The molecule has 0 aliphatic rings. The minimum atomic E-state index is -3.68. The molecular formula is C17H19FN2O3S. The van der Waals surface area contributed by atoms with Crippen molar-refractivity contribution < 1.29 is 17.6 Å². The van der Waals surface area contributed by atoms with Gasteiger partial charge in [-0.15, -0.1) is 0 Å². The molecule has 0 saturated heterocycles. The van der Waals surface area contributed by atoms with Crippen molar-refractivity contribution in [3.63, 3.8) is 0 Å². The molecule has 2 rings (SSSR count). The molecule has 0 aromatic heterocycles. The highest BCUT2D eigenvalue weighted by Crippen LogP contribution is 2.15. The summed E-state index contributed by atoms with van der Waals surface area (Å²) < 4.78 is 38.7. The number of benzene rings is 2. The Bertz CT molecular complexity index is 777. The number of nitrogens with one attached hydrogen (secondary N) is 1. The van der Waals surface area contributed by atoms with Gasteiger partial charge in [-0.05, 0) is 42.8 Å². The number of halogens is 1. The Labute approximate surface area is 141 Å². The monoisotopic (exact) mass is 350 g/mol. The Hall–Kier alpha value is -2.25. The lowest BCUT2D eigenvalue weighted by atomic mass is 10.2. The molecule has 0 unspecified atom stereocenters. The molecule has 1 amide bonds. The standard InChI is InChI=1S/C17H19FN2O3S/c1-20(24(22,23)16-11-9-14(18)10-12-16)13-5-8-17(21)19-15-6-3-2-4-7-15/h2-4,6-7,9-12H,5,8,13H2,1H3,(H,19,21). The van der Waals surface area contributed by atoms with Gasteiger partial charge in [0.25, 0.3) is 0 Å². The van der Waals surface area contributed by atoms with E-state index in [0.29, 0.717) is 12.1 Å². The minimum Gasteiger partial charge on any atom is -0.326 e. The maximum atomic E-state index is 12.9. The molecule has 1 N–H and O–H groups in total. The van der Waals surface area contributed by atoms with Crippen LogP contribution in [0.3, 0.4) is 0 Å². The van der Waals surface area contributed by atoms with Crippen LogP contribution in [0.15, 0.2) is 59.5 Å². The Balaban J connectivity index is 1.85. The second-order valence-corrected chi connectivity index (χ2v) is 7.34. The largest absolute Gasteiger partial charge is 0.326 e. The van der Waals surface area contributed by atoms with Crippen LogP contribution in [-0.4, -0.2) is 32.2 Å². The number of carbonyl (C=O) groups excluding carboxylic acids is 1. The van der Waals surface area contributed by atoms with Crippen molar-refractivity contribution in [2.45, 2.75) is 17.7 Å². The topological polar surface area (TPSA) is 66.5 Å². The molecule has 0 radical (unpaired) electrons. The van der Waals surface area contributed by atoms with Crippen molar-refractivity contribution in [2.75, 3.05) is 18.9 Å². The molecule has 0 spiro atoms. The van der Waals surface area contributed by atoms with Crippen LogP contribution in [0, 0.1) is 5.82 Å². The summed E-state index contributed by atoms with van der Waals surface area (Å²) in [7, 11) is -2.24. The number of anilines is 1. The molecule has 0 bridgehead atoms. The van der Waals surface area contributed by atoms with Gasteiger partial charge in [0.05, 0.1) is 4.90 Å². The van der Waals surface area contributed by atoms with Crippen LogP contribution < -0.4 is 5.32 Å². The Morgan fingerprint density at radius 2 is 1.71 bits per heavy atom. The fourth-order valence-corrected chi connectivity index (χ4v) is 3.32. The van der Waals surface area contributed by atoms with Gasteiger partial charge in [-0.1, -0.05) is 18.2 Å². The Morgan fingerprint density at radius 3 is 2.33 bits per heavy atom. The molecule has 7 heteroatoms. The van der Waals surface area contributed by atoms with Crippen molar-refractivity contribution in [3.05, 3.63) is 60.4 Å². The van der Waals surface area contributed by atoms with Crippen LogP contribution in [0.4, 0.5) is 10.1 Å². The van der Waals surface area contributed by atoms with E-state index in [1.807, 2.05) is 18.2 Å². The van der Waals surface area contributed by atoms with Crippen molar-refractivity contribution in [1.82, 2.24) is 4.31 Å². The summed E-state index contributed by atoms with van der Waals surface area (Å²) in [6, 6.07) is 13.7. The van der Waals surface area contributed by atoms with Gasteiger partial charge in [-0.2, -0.15) is 0 Å². The van der Waals surface area contributed by atoms with Crippen LogP contribution >= 0.6 is 0 Å². The summed E-state index contributed by atoms with van der Waals surface area (Å²) in [6.45, 7) is 0.196. The summed E-state index contributed by atoms with van der Waals surface area (Å²) in [5.41, 5.74) is 0.704. The van der Waals surface area contributed by atoms with E-state index in [4.69, 9.17) is 0 Å². The molecule has 2 aromatic carbocycles. The minimum absolute atomic E-state index is 0.0279. The van der Waals surface area contributed by atoms with E-state index >= 15 is 0 Å². The smallest absolute Gasteiger partial charge is 0.242 e. The van der Waals surface area contributed by atoms with Crippen molar-refractivity contribution >= 4 is 21.6 Å². The first-order chi connectivity index (χ1) is 11.4. The SMILES string of the molecule is CN(CCCC(=O)Nc1ccccc1)S(=O)(=O)c1ccc(F)cc1. The zero-order chi connectivity index (χ0) is 17.6. The highest BCUT2D eigenvalue weighted by molar-refractivity contribution is 7.89. The van der Waals surface area contributed by atoms with Crippen molar-refractivity contribution in [2.24, 2.45) is 0 Å². The molecule has 0 aliphatic heterocycles. The van der Waals surface area contributed by atoms with Gasteiger partial charge in [0, 0.05) is 25.7 Å². The zero-order valence-corrected chi connectivity index (χ0v) is 14.1. The molecule has 0 heterocycles. The predicted molar refractivity (Wildman–Crippen MR) is 90.5 cm³/mol. The lowest BCUT2D eigenvalue weighted by molar-refractivity contribution is -0.116. The number of rotatable bonds is 7. The molecule has 2 aromatic rings. The second kappa shape index (κ2) is 8.03. The fraction of sp³-hybridized carbons (Fsp3) is 0.235. The summed E-state index contributed by atoms with van der Waals surface area (Å²) in [5, 5.41) is 2.74. The highest BCUT2D eigenvalue weighted by atomic mass is 32.2. The maximum absolute atomic E-state index is 12.9. The van der Waals surface area contributed by atoms with Gasteiger partial charge < -0.3 is 5.32 Å². The van der Waals surface area contributed by atoms with Gasteiger partial charge in [0.2, 0.25) is 15.9 Å². The van der Waals surface area contributed by atoms with Crippen LogP contribution in [0.1, 0.15) is 12.8 Å². The summed E-state index contributed by atoms with van der Waals surface area (Å²) in [6.07, 6.45) is 0.591. The second-order valence-electron chi connectivity index (χ2n) is 5.30. The van der Waals surface area contributed by atoms with Crippen LogP contribution in [0.2, 0.25) is 0 Å². The predicted octanol–water partition coefficient (Wildman–Crippen LogP) is 2.87. The van der Waals surface area contributed by atoms with E-state index < -0.39 is 15.8 Å².